The van der Waals surface area contributed by atoms with Crippen LogP contribution >= 0.6 is 0 Å². The van der Waals surface area contributed by atoms with E-state index in [9.17, 15) is 4.79 Å². The first-order valence-corrected chi connectivity index (χ1v) is 4.46. The first kappa shape index (κ1) is 14.0. The number of hydrogen-bond donors (Lipinski definition) is 6. The van der Waals surface area contributed by atoms with Gasteiger partial charge in [-0.05, 0) is 12.8 Å². The van der Waals surface area contributed by atoms with Gasteiger partial charge in [-0.25, -0.2) is 9.79 Å². The summed E-state index contributed by atoms with van der Waals surface area (Å²) in [6, 6.07) is 0. The Hall–Kier alpha value is -2.03. The number of aliphatic carboxylic acids is 1. The Morgan fingerprint density at radius 3 is 2.12 bits per heavy atom. The van der Waals surface area contributed by atoms with Crippen molar-refractivity contribution in [3.63, 3.8) is 0 Å². The van der Waals surface area contributed by atoms with Gasteiger partial charge in [0.1, 0.15) is 0 Å². The molecule has 0 radical (unpaired) electrons. The topological polar surface area (TPSA) is 192 Å². The van der Waals surface area contributed by atoms with Gasteiger partial charge < -0.3 is 28.0 Å². The Kier molecular flexibility index (Phi) is 5.02. The Balaban J connectivity index is 4.42. The Bertz CT molecular complexity index is 306. The molecule has 0 saturated heterocycles. The first-order valence-electron chi connectivity index (χ1n) is 4.46. The first-order chi connectivity index (χ1) is 7.28. The fourth-order valence-electron chi connectivity index (χ4n) is 0.998. The molecule has 0 aromatic rings. The molecule has 0 heterocycles. The molecule has 0 saturated carbocycles. The van der Waals surface area contributed by atoms with Crippen molar-refractivity contribution in [1.82, 2.24) is 0 Å². The molecule has 9 heteroatoms. The lowest BCUT2D eigenvalue weighted by Crippen LogP contribution is -2.48. The fourth-order valence-corrected chi connectivity index (χ4v) is 0.998. The third kappa shape index (κ3) is 5.00. The van der Waals surface area contributed by atoms with E-state index < -0.39 is 11.6 Å². The lowest BCUT2D eigenvalue weighted by atomic mass is 10.1. The third-order valence-electron chi connectivity index (χ3n) is 1.71. The van der Waals surface area contributed by atoms with Crippen LogP contribution in [-0.4, -0.2) is 35.2 Å². The van der Waals surface area contributed by atoms with Gasteiger partial charge >= 0.3 is 5.97 Å². The van der Waals surface area contributed by atoms with Crippen molar-refractivity contribution in [2.45, 2.75) is 18.5 Å². The largest absolute Gasteiger partial charge is 0.478 e. The highest BCUT2D eigenvalue weighted by molar-refractivity contribution is 5.84. The van der Waals surface area contributed by atoms with Gasteiger partial charge in [0.2, 0.25) is 5.66 Å². The van der Waals surface area contributed by atoms with Crippen LogP contribution in [0.2, 0.25) is 0 Å². The molecule has 0 aliphatic rings. The zero-order valence-electron chi connectivity index (χ0n) is 8.76. The molecule has 9 nitrogen and oxygen atoms in total. The number of aliphatic imine (C=N–C) groups is 2. The van der Waals surface area contributed by atoms with Crippen molar-refractivity contribution in [3.05, 3.63) is 0 Å². The minimum atomic E-state index is -1.84. The molecular formula is C7H17N7O2. The van der Waals surface area contributed by atoms with E-state index in [0.29, 0.717) is 6.42 Å². The van der Waals surface area contributed by atoms with E-state index in [1.807, 2.05) is 0 Å². The summed E-state index contributed by atoms with van der Waals surface area (Å²) in [5.41, 5.74) is 24.0. The number of nitrogens with two attached hydrogens (primary N) is 5. The highest BCUT2D eigenvalue weighted by Crippen LogP contribution is 2.11. The molecule has 0 spiro atoms. The number of nitrogens with zero attached hydrogens (tertiary/aromatic N) is 2. The van der Waals surface area contributed by atoms with Gasteiger partial charge in [0.25, 0.3) is 0 Å². The molecular weight excluding hydrogens is 214 g/mol. The van der Waals surface area contributed by atoms with Crippen LogP contribution in [0.3, 0.4) is 0 Å². The van der Waals surface area contributed by atoms with E-state index >= 15 is 0 Å². The van der Waals surface area contributed by atoms with E-state index in [2.05, 4.69) is 9.98 Å². The van der Waals surface area contributed by atoms with E-state index in [-0.39, 0.29) is 24.9 Å². The number of hydrogen-bond acceptors (Lipinski definition) is 4. The Morgan fingerprint density at radius 1 is 1.19 bits per heavy atom. The molecule has 0 aliphatic heterocycles. The van der Waals surface area contributed by atoms with Crippen LogP contribution in [0.25, 0.3) is 0 Å². The monoisotopic (exact) mass is 231 g/mol. The van der Waals surface area contributed by atoms with Gasteiger partial charge in [-0.2, -0.15) is 0 Å². The van der Waals surface area contributed by atoms with Gasteiger partial charge in [0, 0.05) is 6.54 Å². The molecule has 0 unspecified atom stereocenters. The van der Waals surface area contributed by atoms with E-state index in [4.69, 9.17) is 33.8 Å². The minimum absolute atomic E-state index is 0.0248. The van der Waals surface area contributed by atoms with Crippen molar-refractivity contribution < 1.29 is 9.90 Å². The van der Waals surface area contributed by atoms with Crippen LogP contribution in [0.5, 0.6) is 0 Å². The second-order valence-electron chi connectivity index (χ2n) is 3.18. The number of guanidine groups is 2. The smallest absolute Gasteiger partial charge is 0.346 e. The maximum absolute atomic E-state index is 10.9. The summed E-state index contributed by atoms with van der Waals surface area (Å²) in [5, 5.41) is 8.86. The van der Waals surface area contributed by atoms with Crippen LogP contribution in [0.1, 0.15) is 12.8 Å². The van der Waals surface area contributed by atoms with Gasteiger partial charge in [-0.1, -0.05) is 0 Å². The molecule has 92 valence electrons. The van der Waals surface area contributed by atoms with Crippen molar-refractivity contribution in [3.8, 4) is 0 Å². The highest BCUT2D eigenvalue weighted by Gasteiger charge is 2.33. The average Bonchev–Trinajstić information content (AvgIpc) is 2.10. The van der Waals surface area contributed by atoms with Gasteiger partial charge in [0.15, 0.2) is 11.9 Å². The van der Waals surface area contributed by atoms with Gasteiger partial charge in [-0.3, -0.25) is 10.7 Å². The SMILES string of the molecule is NC(N)=NCCC[C@@](N)(N=C(N)N)C(=O)O. The third-order valence-corrected chi connectivity index (χ3v) is 1.71. The molecule has 0 aromatic carbocycles. The maximum atomic E-state index is 10.9. The molecule has 0 rings (SSSR count). The normalized spacial score (nSPS) is 13.6. The second kappa shape index (κ2) is 5.75. The summed E-state index contributed by atoms with van der Waals surface area (Å²) in [5.74, 6) is -1.77. The van der Waals surface area contributed by atoms with E-state index in [1.54, 1.807) is 0 Å². The molecule has 0 aliphatic carbocycles. The summed E-state index contributed by atoms with van der Waals surface area (Å²) in [6.45, 7) is 0.258. The van der Waals surface area contributed by atoms with Crippen LogP contribution in [0, 0.1) is 0 Å². The highest BCUT2D eigenvalue weighted by atomic mass is 16.4. The van der Waals surface area contributed by atoms with Gasteiger partial charge in [0.05, 0.1) is 0 Å². The van der Waals surface area contributed by atoms with Crippen LogP contribution in [0.4, 0.5) is 0 Å². The van der Waals surface area contributed by atoms with Gasteiger partial charge in [-0.15, -0.1) is 0 Å². The number of rotatable bonds is 6. The fraction of sp³-hybridized carbons (Fsp3) is 0.571. The van der Waals surface area contributed by atoms with Crippen molar-refractivity contribution in [1.29, 1.82) is 0 Å². The average molecular weight is 231 g/mol. The van der Waals surface area contributed by atoms with E-state index in [1.165, 1.54) is 0 Å². The van der Waals surface area contributed by atoms with Crippen LogP contribution < -0.4 is 28.7 Å². The van der Waals surface area contributed by atoms with Crippen LogP contribution in [-0.2, 0) is 4.79 Å². The summed E-state index contributed by atoms with van der Waals surface area (Å²) < 4.78 is 0. The summed E-state index contributed by atoms with van der Waals surface area (Å²) in [7, 11) is 0. The molecule has 0 aromatic heterocycles. The molecule has 0 fully saturated rings. The molecule has 0 amide bonds. The zero-order valence-corrected chi connectivity index (χ0v) is 8.76. The number of carboxylic acid groups (broad SMARTS) is 1. The maximum Gasteiger partial charge on any atom is 0.346 e. The summed E-state index contributed by atoms with van der Waals surface area (Å²) in [4.78, 5) is 18.0. The number of carboxylic acids is 1. The molecule has 16 heavy (non-hydrogen) atoms. The van der Waals surface area contributed by atoms with Crippen molar-refractivity contribution in [2.24, 2.45) is 38.7 Å². The second-order valence-corrected chi connectivity index (χ2v) is 3.18. The quantitative estimate of drug-likeness (QED) is 0.160. The zero-order chi connectivity index (χ0) is 12.8. The Labute approximate surface area is 92.4 Å². The summed E-state index contributed by atoms with van der Waals surface area (Å²) in [6.07, 6.45) is 0.370. The standard InChI is InChI=1S/C7H17N7O2/c8-5(9)13-3-1-2-7(12,4(15)16)14-6(10)11/h1-3,12H2,(H,15,16)(H4,8,9,13)(H4,10,11,14)/t7-/m1/s1. The van der Waals surface area contributed by atoms with E-state index in [0.717, 1.165) is 0 Å². The molecule has 11 N–H and O–H groups in total. The lowest BCUT2D eigenvalue weighted by molar-refractivity contribution is -0.143. The predicted octanol–water partition coefficient (Wildman–Crippen LogP) is -2.95. The predicted molar refractivity (Wildman–Crippen MR) is 60.3 cm³/mol. The number of carbonyl (C=O) groups is 1. The summed E-state index contributed by atoms with van der Waals surface area (Å²) >= 11 is 0. The lowest BCUT2D eigenvalue weighted by Gasteiger charge is -2.19. The Morgan fingerprint density at radius 2 is 1.75 bits per heavy atom. The van der Waals surface area contributed by atoms with Crippen molar-refractivity contribution >= 4 is 17.9 Å². The van der Waals surface area contributed by atoms with Crippen LogP contribution in [0.15, 0.2) is 9.98 Å². The molecule has 0 bridgehead atoms. The van der Waals surface area contributed by atoms with Crippen molar-refractivity contribution in [2.75, 3.05) is 6.54 Å². The molecule has 1 atom stereocenters. The minimum Gasteiger partial charge on any atom is -0.478 e.